The van der Waals surface area contributed by atoms with Crippen LogP contribution in [0.25, 0.3) is 11.1 Å². The van der Waals surface area contributed by atoms with Gasteiger partial charge in [-0.25, -0.2) is 4.98 Å². The number of aryl methyl sites for hydroxylation is 1. The summed E-state index contributed by atoms with van der Waals surface area (Å²) in [7, 11) is 0. The van der Waals surface area contributed by atoms with Gasteiger partial charge in [-0.1, -0.05) is 12.1 Å². The standard InChI is InChI=1S/C18H21N5O2/c1-11(10-23-7-3-6-20-23)9-19-17(24)14-8-15(13-4-5-13)21-18-16(14)12(2)22-25-18/h3,6-8,11,13H,4-5,9-10H2,1-2H3,(H,19,24). The molecule has 1 saturated carbocycles. The first kappa shape index (κ1) is 15.8. The zero-order valence-electron chi connectivity index (χ0n) is 14.4. The lowest BCUT2D eigenvalue weighted by molar-refractivity contribution is 0.0948. The lowest BCUT2D eigenvalue weighted by atomic mass is 10.1. The predicted octanol–water partition coefficient (Wildman–Crippen LogP) is 2.67. The predicted molar refractivity (Wildman–Crippen MR) is 92.2 cm³/mol. The van der Waals surface area contributed by atoms with E-state index >= 15 is 0 Å². The van der Waals surface area contributed by atoms with Gasteiger partial charge in [-0.15, -0.1) is 0 Å². The van der Waals surface area contributed by atoms with Crippen molar-refractivity contribution in [1.29, 1.82) is 0 Å². The average Bonchev–Trinajstić information content (AvgIpc) is 3.22. The fourth-order valence-corrected chi connectivity index (χ4v) is 3.04. The molecule has 1 N–H and O–H groups in total. The number of carbonyl (C=O) groups is 1. The van der Waals surface area contributed by atoms with Crippen molar-refractivity contribution < 1.29 is 9.32 Å². The summed E-state index contributed by atoms with van der Waals surface area (Å²) in [5.74, 6) is 0.612. The Morgan fingerprint density at radius 3 is 3.04 bits per heavy atom. The van der Waals surface area contributed by atoms with Crippen molar-refractivity contribution in [1.82, 2.24) is 25.2 Å². The molecule has 1 amide bonds. The molecule has 7 heteroatoms. The maximum atomic E-state index is 12.8. The highest BCUT2D eigenvalue weighted by molar-refractivity contribution is 6.06. The molecule has 3 aromatic rings. The normalized spacial score (nSPS) is 15.4. The second-order valence-corrected chi connectivity index (χ2v) is 6.86. The fraction of sp³-hybridized carbons (Fsp3) is 0.444. The van der Waals surface area contributed by atoms with Gasteiger partial charge >= 0.3 is 0 Å². The molecule has 1 unspecified atom stereocenters. The zero-order chi connectivity index (χ0) is 17.4. The van der Waals surface area contributed by atoms with Gasteiger partial charge in [0, 0.05) is 37.1 Å². The molecule has 1 aliphatic rings. The third-order valence-corrected chi connectivity index (χ3v) is 4.55. The molecule has 0 spiro atoms. The topological polar surface area (TPSA) is 85.8 Å². The summed E-state index contributed by atoms with van der Waals surface area (Å²) in [6.45, 7) is 5.26. The number of carbonyl (C=O) groups excluding carboxylic acids is 1. The molecule has 0 radical (unpaired) electrons. The highest BCUT2D eigenvalue weighted by atomic mass is 16.5. The summed E-state index contributed by atoms with van der Waals surface area (Å²) >= 11 is 0. The van der Waals surface area contributed by atoms with Crippen molar-refractivity contribution in [2.75, 3.05) is 6.54 Å². The van der Waals surface area contributed by atoms with E-state index in [-0.39, 0.29) is 11.8 Å². The number of hydrogen-bond donors (Lipinski definition) is 1. The summed E-state index contributed by atoms with van der Waals surface area (Å²) < 4.78 is 7.17. The van der Waals surface area contributed by atoms with E-state index in [9.17, 15) is 4.79 Å². The highest BCUT2D eigenvalue weighted by Gasteiger charge is 2.28. The molecule has 0 aliphatic heterocycles. The summed E-state index contributed by atoms with van der Waals surface area (Å²) in [4.78, 5) is 17.3. The molecular formula is C18H21N5O2. The summed E-state index contributed by atoms with van der Waals surface area (Å²) in [6.07, 6.45) is 5.92. The molecular weight excluding hydrogens is 318 g/mol. The molecule has 3 heterocycles. The van der Waals surface area contributed by atoms with Crippen LogP contribution >= 0.6 is 0 Å². The van der Waals surface area contributed by atoms with Gasteiger partial charge in [0.25, 0.3) is 11.6 Å². The molecule has 1 fully saturated rings. The third kappa shape index (κ3) is 3.26. The summed E-state index contributed by atoms with van der Waals surface area (Å²) in [5.41, 5.74) is 2.69. The van der Waals surface area contributed by atoms with Crippen molar-refractivity contribution in [3.8, 4) is 0 Å². The van der Waals surface area contributed by atoms with Crippen molar-refractivity contribution in [2.45, 2.75) is 39.2 Å². The van der Waals surface area contributed by atoms with Gasteiger partial charge < -0.3 is 9.84 Å². The van der Waals surface area contributed by atoms with Gasteiger partial charge in [-0.05, 0) is 37.8 Å². The van der Waals surface area contributed by atoms with Crippen molar-refractivity contribution in [2.24, 2.45) is 5.92 Å². The molecule has 1 aliphatic carbocycles. The van der Waals surface area contributed by atoms with E-state index in [1.807, 2.05) is 29.9 Å². The number of hydrogen-bond acceptors (Lipinski definition) is 5. The maximum absolute atomic E-state index is 12.8. The van der Waals surface area contributed by atoms with E-state index in [2.05, 4.69) is 27.5 Å². The Hall–Kier alpha value is -2.70. The van der Waals surface area contributed by atoms with Crippen LogP contribution in [-0.4, -0.2) is 32.4 Å². The van der Waals surface area contributed by atoms with Gasteiger partial charge in [0.1, 0.15) is 0 Å². The van der Waals surface area contributed by atoms with E-state index in [0.717, 1.165) is 25.1 Å². The van der Waals surface area contributed by atoms with Crippen molar-refractivity contribution in [3.05, 3.63) is 41.5 Å². The Morgan fingerprint density at radius 2 is 2.32 bits per heavy atom. The maximum Gasteiger partial charge on any atom is 0.259 e. The SMILES string of the molecule is Cc1noc2nc(C3CC3)cc(C(=O)NCC(C)Cn3cccn3)c12. The molecule has 4 rings (SSSR count). The number of rotatable bonds is 6. The van der Waals surface area contributed by atoms with E-state index in [0.29, 0.717) is 34.8 Å². The fourth-order valence-electron chi connectivity index (χ4n) is 3.04. The number of nitrogens with one attached hydrogen (secondary N) is 1. The van der Waals surface area contributed by atoms with Gasteiger partial charge in [0.2, 0.25) is 0 Å². The second kappa shape index (κ2) is 6.31. The van der Waals surface area contributed by atoms with Crippen molar-refractivity contribution >= 4 is 17.0 Å². The van der Waals surface area contributed by atoms with E-state index < -0.39 is 0 Å². The molecule has 130 valence electrons. The molecule has 0 bridgehead atoms. The Bertz CT molecular complexity index is 896. The second-order valence-electron chi connectivity index (χ2n) is 6.86. The number of fused-ring (bicyclic) bond motifs is 1. The molecule has 0 saturated heterocycles. The van der Waals surface area contributed by atoms with Crippen LogP contribution in [-0.2, 0) is 6.54 Å². The smallest absolute Gasteiger partial charge is 0.259 e. The van der Waals surface area contributed by atoms with Gasteiger partial charge in [-0.3, -0.25) is 9.48 Å². The van der Waals surface area contributed by atoms with Crippen LogP contribution in [0.2, 0.25) is 0 Å². The summed E-state index contributed by atoms with van der Waals surface area (Å²) in [5, 5.41) is 11.9. The van der Waals surface area contributed by atoms with Crippen LogP contribution in [0, 0.1) is 12.8 Å². The third-order valence-electron chi connectivity index (χ3n) is 4.55. The lowest BCUT2D eigenvalue weighted by Crippen LogP contribution is -2.30. The molecule has 25 heavy (non-hydrogen) atoms. The van der Waals surface area contributed by atoms with Crippen LogP contribution in [0.4, 0.5) is 0 Å². The minimum absolute atomic E-state index is 0.104. The van der Waals surface area contributed by atoms with Gasteiger partial charge in [0.15, 0.2) is 0 Å². The van der Waals surface area contributed by atoms with E-state index in [1.165, 1.54) is 0 Å². The number of aromatic nitrogens is 4. The minimum Gasteiger partial charge on any atom is -0.352 e. The lowest BCUT2D eigenvalue weighted by Gasteiger charge is -2.13. The van der Waals surface area contributed by atoms with Crippen LogP contribution in [0.5, 0.6) is 0 Å². The van der Waals surface area contributed by atoms with E-state index in [4.69, 9.17) is 4.52 Å². The van der Waals surface area contributed by atoms with Gasteiger partial charge in [0.05, 0.1) is 16.6 Å². The van der Waals surface area contributed by atoms with Crippen LogP contribution in [0.3, 0.4) is 0 Å². The molecule has 3 aromatic heterocycles. The van der Waals surface area contributed by atoms with Crippen molar-refractivity contribution in [3.63, 3.8) is 0 Å². The first-order chi connectivity index (χ1) is 12.1. The number of nitrogens with zero attached hydrogens (tertiary/aromatic N) is 4. The quantitative estimate of drug-likeness (QED) is 0.746. The Labute approximate surface area is 145 Å². The number of amides is 1. The van der Waals surface area contributed by atoms with Crippen LogP contribution < -0.4 is 5.32 Å². The number of pyridine rings is 1. The van der Waals surface area contributed by atoms with E-state index in [1.54, 1.807) is 6.20 Å². The first-order valence-corrected chi connectivity index (χ1v) is 8.64. The summed E-state index contributed by atoms with van der Waals surface area (Å²) in [6, 6.07) is 3.80. The Morgan fingerprint density at radius 1 is 1.48 bits per heavy atom. The average molecular weight is 339 g/mol. The monoisotopic (exact) mass is 339 g/mol. The first-order valence-electron chi connectivity index (χ1n) is 8.64. The highest BCUT2D eigenvalue weighted by Crippen LogP contribution is 2.40. The van der Waals surface area contributed by atoms with Crippen LogP contribution in [0.1, 0.15) is 47.4 Å². The molecule has 0 aromatic carbocycles. The largest absolute Gasteiger partial charge is 0.352 e. The minimum atomic E-state index is -0.104. The van der Waals surface area contributed by atoms with Crippen LogP contribution in [0.15, 0.2) is 29.0 Å². The molecule has 1 atom stereocenters. The molecule has 7 nitrogen and oxygen atoms in total. The zero-order valence-corrected chi connectivity index (χ0v) is 14.4. The Kier molecular flexibility index (Phi) is 3.99. The van der Waals surface area contributed by atoms with Gasteiger partial charge in [-0.2, -0.15) is 5.10 Å². The Balaban J connectivity index is 1.52.